The van der Waals surface area contributed by atoms with Gasteiger partial charge in [0.1, 0.15) is 74.6 Å². The second-order valence-electron chi connectivity index (χ2n) is 21.1. The van der Waals surface area contributed by atoms with Gasteiger partial charge in [-0.3, -0.25) is 43.2 Å². The third-order valence-corrected chi connectivity index (χ3v) is 13.7. The zero-order valence-corrected chi connectivity index (χ0v) is 52.1. The Kier molecular flexibility index (Phi) is 38.1. The first kappa shape index (κ1) is 81.2. The Balaban J connectivity index is 0.00000768. The van der Waals surface area contributed by atoms with Crippen molar-refractivity contribution < 1.29 is 151 Å². The number of ketones is 2. The molecule has 530 valence electrons. The van der Waals surface area contributed by atoms with Gasteiger partial charge in [-0.15, -0.1) is 0 Å². The largest absolute Gasteiger partial charge is 0.481 e. The second-order valence-corrected chi connectivity index (χ2v) is 21.1. The van der Waals surface area contributed by atoms with Gasteiger partial charge in [0.25, 0.3) is 5.91 Å². The van der Waals surface area contributed by atoms with Crippen LogP contribution in [-0.4, -0.2) is 253 Å². The molecule has 14 N–H and O–H groups in total. The minimum Gasteiger partial charge on any atom is -0.481 e. The number of unbranched alkanes of at least 4 members (excludes halogenated alkanes) is 1. The van der Waals surface area contributed by atoms with Crippen LogP contribution in [0, 0.1) is 5.92 Å². The molecule has 36 nitrogen and oxygen atoms in total. The number of nitrogens with two attached hydrogens (primary N) is 1. The van der Waals surface area contributed by atoms with Crippen molar-refractivity contribution in [2.45, 2.75) is 140 Å². The Morgan fingerprint density at radius 2 is 1.18 bits per heavy atom. The number of aliphatic hydroxyl groups is 6. The molecule has 0 spiro atoms. The third kappa shape index (κ3) is 30.5. The Bertz CT molecular complexity index is 2840. The summed E-state index contributed by atoms with van der Waals surface area (Å²) < 4.78 is 53.9. The lowest BCUT2D eigenvalue weighted by Crippen LogP contribution is -2.61. The number of carbonyl (C=O) groups excluding carboxylic acids is 10. The highest BCUT2D eigenvalue weighted by atomic mass is 16.7. The number of hydrogen-bond acceptors (Lipinski definition) is 30. The maximum atomic E-state index is 13.8. The van der Waals surface area contributed by atoms with Gasteiger partial charge in [-0.05, 0) is 67.5 Å². The number of benzene rings is 2. The van der Waals surface area contributed by atoms with Crippen LogP contribution in [0.1, 0.15) is 97.1 Å². The summed E-state index contributed by atoms with van der Waals surface area (Å²) in [4.78, 5) is 146. The molecule has 2 saturated heterocycles. The van der Waals surface area contributed by atoms with Gasteiger partial charge in [-0.25, -0.2) is 10.7 Å². The maximum Gasteiger partial charge on any atom is 0.373 e. The van der Waals surface area contributed by atoms with E-state index in [9.17, 15) is 88.8 Å². The molecule has 0 aliphatic carbocycles. The first-order valence-corrected chi connectivity index (χ1v) is 29.8. The highest BCUT2D eigenvalue weighted by molar-refractivity contribution is 5.99. The van der Waals surface area contributed by atoms with E-state index in [-0.39, 0.29) is 153 Å². The number of esters is 2. The number of carbonyl (C=O) groups is 10. The Hall–Kier alpha value is -8.04. The number of Topliss-reactive ketones (excluding diaryl/α,β-unsaturated/α-hetero) is 2. The van der Waals surface area contributed by atoms with Gasteiger partial charge in [-0.2, -0.15) is 9.59 Å². The number of ether oxygens (including phenoxy) is 10. The predicted molar refractivity (Wildman–Crippen MR) is 313 cm³/mol. The fourth-order valence-corrected chi connectivity index (χ4v) is 8.85. The predicted octanol–water partition coefficient (Wildman–Crippen LogP) is -4.00. The Labute approximate surface area is 543 Å². The van der Waals surface area contributed by atoms with Crippen molar-refractivity contribution in [1.29, 1.82) is 0 Å². The van der Waals surface area contributed by atoms with Crippen molar-refractivity contribution in [3.05, 3.63) is 58.7 Å². The topological polar surface area (TPSA) is 542 Å². The van der Waals surface area contributed by atoms with Crippen LogP contribution < -0.4 is 36.6 Å². The molecule has 2 aromatic carbocycles. The van der Waals surface area contributed by atoms with E-state index in [0.29, 0.717) is 17.5 Å². The summed E-state index contributed by atoms with van der Waals surface area (Å²) in [6.07, 6.45) is -15.7. The third-order valence-electron chi connectivity index (χ3n) is 13.7. The lowest BCUT2D eigenvalue weighted by atomic mass is 9.91. The van der Waals surface area contributed by atoms with Crippen LogP contribution in [0.3, 0.4) is 0 Å². The smallest absolute Gasteiger partial charge is 0.373 e. The van der Waals surface area contributed by atoms with Crippen LogP contribution in [0.2, 0.25) is 0 Å². The number of carboxylic acids is 2. The Morgan fingerprint density at radius 1 is 0.611 bits per heavy atom. The van der Waals surface area contributed by atoms with Crippen LogP contribution in [0.4, 0.5) is 0 Å². The molecule has 2 heterocycles. The minimum atomic E-state index is -1.99. The molecule has 2 aliphatic rings. The van der Waals surface area contributed by atoms with Gasteiger partial charge in [0.15, 0.2) is 17.7 Å². The van der Waals surface area contributed by atoms with Crippen molar-refractivity contribution in [3.63, 3.8) is 0 Å². The summed E-state index contributed by atoms with van der Waals surface area (Å²) in [6, 6.07) is 7.22. The zero-order chi connectivity index (χ0) is 70.4. The summed E-state index contributed by atoms with van der Waals surface area (Å²) in [5, 5.41) is 90.2. The van der Waals surface area contributed by atoms with E-state index in [2.05, 4.69) is 26.1 Å². The summed E-state index contributed by atoms with van der Waals surface area (Å²) in [6.45, 7) is 0.608. The van der Waals surface area contributed by atoms with Crippen molar-refractivity contribution >= 4 is 65.2 Å². The summed E-state index contributed by atoms with van der Waals surface area (Å²) in [5.41, 5.74) is 0.693. The number of amides is 4. The molecule has 0 unspecified atom stereocenters. The van der Waals surface area contributed by atoms with Gasteiger partial charge >= 0.3 is 30.0 Å². The molecule has 36 heteroatoms. The fourth-order valence-electron chi connectivity index (χ4n) is 8.85. The van der Waals surface area contributed by atoms with E-state index in [1.807, 2.05) is 0 Å². The normalized spacial score (nSPS) is 20.4. The standard InChI is InChI=1S/C58H83N5O29.CO2/c1-32(64)86-27-34-8-11-43(90-57-51(76)48(73)42(68)29-88-57)37(24-34)40(66)7-5-17-82-20-22-85-31-46(70)63-39(41(67)26-36(10-13-47(71)72)54(78)61-16-19-89-59)6-3-4-14-60-45(69)30-84-23-21-83-18-15-62-55(79)38-25-35(28-87-33(2)65)9-12-44(38)91-58-52(77)49(74)50(75)53(92-58)56(80)81;2-1-3/h8-9,11-12,24-25,36,39,42,48-53,57-58,68,73-77H,3-7,10,13-23,26-31,59H2,1-2H3,(H,60,69)(H,61,78)(H,62,79)(H,63,70)(H,71,72)(H,80,81);/t36-,39+,42+,48-,49-,50-,51+,52+,53-,57-,58+;/m0./s1. The Morgan fingerprint density at radius 3 is 1.79 bits per heavy atom. The number of rotatable bonds is 44. The molecule has 2 fully saturated rings. The molecule has 0 radical (unpaired) electrons. The fraction of sp³-hybridized carbons (Fsp3) is 0.610. The lowest BCUT2D eigenvalue weighted by Gasteiger charge is -2.38. The van der Waals surface area contributed by atoms with E-state index in [1.54, 1.807) is 0 Å². The van der Waals surface area contributed by atoms with E-state index < -0.39 is 146 Å². The van der Waals surface area contributed by atoms with E-state index >= 15 is 0 Å². The molecule has 4 rings (SSSR count). The molecule has 0 saturated carbocycles. The minimum absolute atomic E-state index is 0.00209. The van der Waals surface area contributed by atoms with Gasteiger partial charge in [0.2, 0.25) is 30.3 Å². The molecule has 0 bridgehead atoms. The summed E-state index contributed by atoms with van der Waals surface area (Å²) in [5.74, 6) is -3.86. The molecule has 95 heavy (non-hydrogen) atoms. The van der Waals surface area contributed by atoms with Crippen LogP contribution >= 0.6 is 0 Å². The van der Waals surface area contributed by atoms with Gasteiger partial charge in [0.05, 0.1) is 63.4 Å². The van der Waals surface area contributed by atoms with Crippen LogP contribution in [0.25, 0.3) is 0 Å². The average molecular weight is 1360 g/mol. The second kappa shape index (κ2) is 44.6. The van der Waals surface area contributed by atoms with Crippen LogP contribution in [-0.2, 0) is 104 Å². The average Bonchev–Trinajstić information content (AvgIpc) is 0.855. The molecule has 0 aromatic heterocycles. The van der Waals surface area contributed by atoms with Crippen molar-refractivity contribution in [2.75, 3.05) is 85.7 Å². The first-order valence-electron chi connectivity index (χ1n) is 29.8. The number of aliphatic hydroxyl groups excluding tert-OH is 6. The summed E-state index contributed by atoms with van der Waals surface area (Å²) >= 11 is 0. The van der Waals surface area contributed by atoms with Crippen LogP contribution in [0.15, 0.2) is 36.4 Å². The maximum absolute atomic E-state index is 13.8. The number of carboxylic acid groups (broad SMARTS) is 2. The van der Waals surface area contributed by atoms with Gasteiger partial charge < -0.3 is 114 Å². The molecular weight excluding hydrogens is 1270 g/mol. The van der Waals surface area contributed by atoms with Crippen molar-refractivity contribution in [1.82, 2.24) is 21.3 Å². The number of hydrogen-bond donors (Lipinski definition) is 13. The quantitative estimate of drug-likeness (QED) is 0.0130. The molecular formula is C59H83N5O31. The molecule has 2 aliphatic heterocycles. The zero-order valence-electron chi connectivity index (χ0n) is 52.1. The highest BCUT2D eigenvalue weighted by Gasteiger charge is 2.48. The molecule has 11 atom stereocenters. The number of aliphatic carboxylic acids is 2. The van der Waals surface area contributed by atoms with Gasteiger partial charge in [-0.1, -0.05) is 12.1 Å². The molecule has 4 amide bonds. The van der Waals surface area contributed by atoms with E-state index in [0.717, 1.165) is 0 Å². The number of nitrogens with one attached hydrogen (secondary N) is 4. The monoisotopic (exact) mass is 1360 g/mol. The van der Waals surface area contributed by atoms with E-state index in [1.165, 1.54) is 50.2 Å². The van der Waals surface area contributed by atoms with Crippen molar-refractivity contribution in [2.24, 2.45) is 11.8 Å². The lowest BCUT2D eigenvalue weighted by molar-refractivity contribution is -0.271. The molecule has 2 aromatic rings. The van der Waals surface area contributed by atoms with Gasteiger partial charge in [0, 0.05) is 65.3 Å². The van der Waals surface area contributed by atoms with Crippen LogP contribution in [0.5, 0.6) is 11.5 Å². The first-order chi connectivity index (χ1) is 45.3. The summed E-state index contributed by atoms with van der Waals surface area (Å²) in [7, 11) is 0. The van der Waals surface area contributed by atoms with Crippen molar-refractivity contribution in [3.8, 4) is 11.5 Å². The highest BCUT2D eigenvalue weighted by Crippen LogP contribution is 2.30. The van der Waals surface area contributed by atoms with E-state index in [4.69, 9.17) is 62.9 Å². The SMILES string of the molecule is CC(=O)OCc1ccc(O[C@@H]2OC[C@@H](O)[C@H](O)[C@H]2O)c(C(=O)CCCOCCOCC(=O)N[C@H](CCCCNC(=O)COCCOCCNC(=O)c2cc(COC(C)=O)ccc2O[C@@H]2O[C@H](C(=O)O)[C@@H](O)[C@H](O)[C@H]2O)C(=O)C[C@H](CCC(=O)O)C(=O)NCCON)c1.O=C=O.